The number of hydrogen-bond acceptors (Lipinski definition) is 3. The van der Waals surface area contributed by atoms with Crippen LogP contribution < -0.4 is 0 Å². The van der Waals surface area contributed by atoms with Crippen molar-refractivity contribution in [1.82, 2.24) is 0 Å². The van der Waals surface area contributed by atoms with Crippen molar-refractivity contribution < 1.29 is 15.3 Å². The number of aliphatic hydroxyl groups is 2. The maximum atomic E-state index is 9.67. The van der Waals surface area contributed by atoms with E-state index in [-0.39, 0.29) is 11.1 Å². The zero-order valence-electron chi connectivity index (χ0n) is 7.19. The number of rotatable bonds is 3. The third kappa shape index (κ3) is 2.48. The summed E-state index contributed by atoms with van der Waals surface area (Å²) in [6.45, 7) is 0. The summed E-state index contributed by atoms with van der Waals surface area (Å²) >= 11 is 6.21. The third-order valence-corrected chi connectivity index (χ3v) is 3.38. The summed E-state index contributed by atoms with van der Waals surface area (Å²) in [5.74, 6) is 0.0447. The first-order valence-corrected chi connectivity index (χ1v) is 5.88. The highest BCUT2D eigenvalue weighted by Crippen LogP contribution is 2.32. The van der Waals surface area contributed by atoms with E-state index in [1.165, 1.54) is 6.07 Å². The van der Waals surface area contributed by atoms with E-state index in [0.717, 1.165) is 0 Å². The van der Waals surface area contributed by atoms with Crippen LogP contribution in [0.3, 0.4) is 0 Å². The van der Waals surface area contributed by atoms with Gasteiger partial charge in [0.2, 0.25) is 0 Å². The predicted octanol–water partition coefficient (Wildman–Crippen LogP) is 1.94. The van der Waals surface area contributed by atoms with E-state index in [2.05, 4.69) is 31.9 Å². The molecule has 3 N–H and O–H groups in total. The zero-order valence-corrected chi connectivity index (χ0v) is 10.4. The number of benzene rings is 1. The van der Waals surface area contributed by atoms with Crippen LogP contribution in [0.25, 0.3) is 0 Å². The molecule has 0 aliphatic carbocycles. The fraction of sp³-hybridized carbons (Fsp3) is 0.333. The molecule has 0 fully saturated rings. The topological polar surface area (TPSA) is 60.7 Å². The summed E-state index contributed by atoms with van der Waals surface area (Å²) in [7, 11) is 0. The summed E-state index contributed by atoms with van der Waals surface area (Å²) in [5.41, 5.74) is 0.469. The van der Waals surface area contributed by atoms with Gasteiger partial charge in [0.25, 0.3) is 0 Å². The minimum atomic E-state index is -1.02. The fourth-order valence-electron chi connectivity index (χ4n) is 1.06. The minimum absolute atomic E-state index is 0.0447. The van der Waals surface area contributed by atoms with Gasteiger partial charge in [-0.3, -0.25) is 0 Å². The smallest absolute Gasteiger partial charge is 0.130 e. The Labute approximate surface area is 98.6 Å². The molecule has 0 aromatic heterocycles. The highest BCUT2D eigenvalue weighted by Gasteiger charge is 2.20. The Bertz CT molecular complexity index is 317. The quantitative estimate of drug-likeness (QED) is 0.744. The summed E-state index contributed by atoms with van der Waals surface area (Å²) in [6.07, 6.45) is -1.91. The van der Waals surface area contributed by atoms with Crippen molar-refractivity contribution in [1.29, 1.82) is 0 Å². The molecule has 2 atom stereocenters. The van der Waals surface area contributed by atoms with E-state index in [4.69, 9.17) is 0 Å². The molecule has 5 heteroatoms. The standard InChI is InChI=1S/C9H10Br2O3/c10-4-7(13)9(14)5-2-1-3-6(12)8(5)11/h1-3,7,9,12-14H,4H2. The van der Waals surface area contributed by atoms with E-state index >= 15 is 0 Å². The molecule has 14 heavy (non-hydrogen) atoms. The van der Waals surface area contributed by atoms with Crippen molar-refractivity contribution in [2.24, 2.45) is 0 Å². The molecular formula is C9H10Br2O3. The van der Waals surface area contributed by atoms with Gasteiger partial charge in [-0.05, 0) is 22.0 Å². The van der Waals surface area contributed by atoms with Crippen LogP contribution in [0.2, 0.25) is 0 Å². The van der Waals surface area contributed by atoms with Crippen molar-refractivity contribution in [2.45, 2.75) is 12.2 Å². The van der Waals surface area contributed by atoms with Gasteiger partial charge in [0.05, 0.1) is 10.6 Å². The molecule has 3 nitrogen and oxygen atoms in total. The van der Waals surface area contributed by atoms with Crippen molar-refractivity contribution in [3.63, 3.8) is 0 Å². The average molecular weight is 326 g/mol. The number of aromatic hydroxyl groups is 1. The molecule has 0 aliphatic rings. The number of aliphatic hydroxyl groups excluding tert-OH is 2. The molecular weight excluding hydrogens is 316 g/mol. The largest absolute Gasteiger partial charge is 0.507 e. The molecule has 1 aromatic rings. The van der Waals surface area contributed by atoms with Crippen LogP contribution >= 0.6 is 31.9 Å². The molecule has 0 saturated carbocycles. The van der Waals surface area contributed by atoms with Gasteiger partial charge in [0.15, 0.2) is 0 Å². The lowest BCUT2D eigenvalue weighted by molar-refractivity contribution is 0.0337. The van der Waals surface area contributed by atoms with Crippen molar-refractivity contribution >= 4 is 31.9 Å². The lowest BCUT2D eigenvalue weighted by Crippen LogP contribution is -2.19. The maximum absolute atomic E-state index is 9.67. The van der Waals surface area contributed by atoms with E-state index in [1.54, 1.807) is 12.1 Å². The van der Waals surface area contributed by atoms with Crippen molar-refractivity contribution in [2.75, 3.05) is 5.33 Å². The molecule has 0 amide bonds. The third-order valence-electron chi connectivity index (χ3n) is 1.85. The lowest BCUT2D eigenvalue weighted by atomic mass is 10.1. The highest BCUT2D eigenvalue weighted by molar-refractivity contribution is 9.10. The number of phenolic OH excluding ortho intramolecular Hbond substituents is 1. The van der Waals surface area contributed by atoms with Gasteiger partial charge >= 0.3 is 0 Å². The van der Waals surface area contributed by atoms with Crippen LogP contribution in [-0.2, 0) is 0 Å². The first-order chi connectivity index (χ1) is 6.57. The zero-order chi connectivity index (χ0) is 10.7. The summed E-state index contributed by atoms with van der Waals surface area (Å²) in [5, 5.41) is 28.7. The molecule has 78 valence electrons. The van der Waals surface area contributed by atoms with Crippen LogP contribution in [0, 0.1) is 0 Å². The predicted molar refractivity (Wildman–Crippen MR) is 60.6 cm³/mol. The second-order valence-electron chi connectivity index (χ2n) is 2.85. The number of alkyl halides is 1. The number of hydrogen-bond donors (Lipinski definition) is 3. The molecule has 0 heterocycles. The van der Waals surface area contributed by atoms with Gasteiger partial charge in [0, 0.05) is 10.9 Å². The highest BCUT2D eigenvalue weighted by atomic mass is 79.9. The first-order valence-electron chi connectivity index (χ1n) is 3.97. The van der Waals surface area contributed by atoms with Gasteiger partial charge in [0.1, 0.15) is 11.9 Å². The Morgan fingerprint density at radius 2 is 1.93 bits per heavy atom. The lowest BCUT2D eigenvalue weighted by Gasteiger charge is -2.17. The molecule has 0 saturated heterocycles. The molecule has 0 aliphatic heterocycles. The number of phenols is 1. The summed E-state index contributed by atoms with van der Waals surface area (Å²) in [6, 6.07) is 4.75. The second kappa shape index (κ2) is 5.11. The van der Waals surface area contributed by atoms with Gasteiger partial charge in [-0.2, -0.15) is 0 Å². The summed E-state index contributed by atoms with van der Waals surface area (Å²) in [4.78, 5) is 0. The monoisotopic (exact) mass is 324 g/mol. The van der Waals surface area contributed by atoms with E-state index in [1.807, 2.05) is 0 Å². The van der Waals surface area contributed by atoms with E-state index in [9.17, 15) is 15.3 Å². The fourth-order valence-corrected chi connectivity index (χ4v) is 1.91. The molecule has 0 bridgehead atoms. The number of halogens is 2. The molecule has 0 spiro atoms. The van der Waals surface area contributed by atoms with Crippen molar-refractivity contribution in [3.8, 4) is 5.75 Å². The Morgan fingerprint density at radius 1 is 1.29 bits per heavy atom. The Hall–Kier alpha value is -0.100. The van der Waals surface area contributed by atoms with Gasteiger partial charge in [-0.1, -0.05) is 28.1 Å². The summed E-state index contributed by atoms with van der Waals surface area (Å²) < 4.78 is 0.410. The normalized spacial score (nSPS) is 15.1. The molecule has 2 unspecified atom stereocenters. The minimum Gasteiger partial charge on any atom is -0.507 e. The van der Waals surface area contributed by atoms with Crippen LogP contribution in [0.5, 0.6) is 5.75 Å². The molecule has 0 radical (unpaired) electrons. The van der Waals surface area contributed by atoms with Gasteiger partial charge in [-0.15, -0.1) is 0 Å². The van der Waals surface area contributed by atoms with Crippen LogP contribution in [0.1, 0.15) is 11.7 Å². The van der Waals surface area contributed by atoms with Gasteiger partial charge in [-0.25, -0.2) is 0 Å². The van der Waals surface area contributed by atoms with Crippen LogP contribution in [0.15, 0.2) is 22.7 Å². The SMILES string of the molecule is Oc1cccc(C(O)C(O)CBr)c1Br. The Morgan fingerprint density at radius 3 is 2.50 bits per heavy atom. The molecule has 1 aromatic carbocycles. The Balaban J connectivity index is 3.01. The van der Waals surface area contributed by atoms with Crippen LogP contribution in [0.4, 0.5) is 0 Å². The van der Waals surface area contributed by atoms with Crippen molar-refractivity contribution in [3.05, 3.63) is 28.2 Å². The maximum Gasteiger partial charge on any atom is 0.130 e. The average Bonchev–Trinajstić information content (AvgIpc) is 2.20. The van der Waals surface area contributed by atoms with E-state index in [0.29, 0.717) is 10.0 Å². The Kier molecular flexibility index (Phi) is 4.37. The second-order valence-corrected chi connectivity index (χ2v) is 4.29. The van der Waals surface area contributed by atoms with Gasteiger partial charge < -0.3 is 15.3 Å². The first kappa shape index (κ1) is 12.0. The molecule has 1 rings (SSSR count). The van der Waals surface area contributed by atoms with Crippen LogP contribution in [-0.4, -0.2) is 26.8 Å². The van der Waals surface area contributed by atoms with E-state index < -0.39 is 12.2 Å².